The first-order valence-electron chi connectivity index (χ1n) is 10.4. The molecule has 162 valence electrons. The van der Waals surface area contributed by atoms with E-state index in [1.54, 1.807) is 29.2 Å². The molecule has 0 radical (unpaired) electrons. The first-order valence-corrected chi connectivity index (χ1v) is 12.1. The molecule has 1 unspecified atom stereocenters. The van der Waals surface area contributed by atoms with Gasteiger partial charge >= 0.3 is 0 Å². The maximum atomic E-state index is 12.7. The summed E-state index contributed by atoms with van der Waals surface area (Å²) in [4.78, 5) is 40.3. The van der Waals surface area contributed by atoms with Crippen LogP contribution in [0.15, 0.2) is 54.6 Å². The lowest BCUT2D eigenvalue weighted by Gasteiger charge is -2.21. The fourth-order valence-electron chi connectivity index (χ4n) is 4.22. The quantitative estimate of drug-likeness (QED) is 0.666. The van der Waals surface area contributed by atoms with E-state index in [9.17, 15) is 22.8 Å². The summed E-state index contributed by atoms with van der Waals surface area (Å²) in [5.41, 5.74) is 1.54. The van der Waals surface area contributed by atoms with Crippen LogP contribution in [0, 0.1) is 0 Å². The highest BCUT2D eigenvalue weighted by molar-refractivity contribution is 7.91. The van der Waals surface area contributed by atoms with E-state index in [1.165, 1.54) is 4.90 Å². The van der Waals surface area contributed by atoms with E-state index in [2.05, 4.69) is 0 Å². The van der Waals surface area contributed by atoms with Crippen molar-refractivity contribution in [3.63, 3.8) is 0 Å². The van der Waals surface area contributed by atoms with Gasteiger partial charge in [-0.25, -0.2) is 8.42 Å². The SMILES string of the molecule is O=C(CCCN1C(=O)c2ccccc2C1=O)N1CCC(c2ccccc2)S(=O)(=O)CC1. The number of amides is 3. The Morgan fingerprint density at radius 3 is 2.16 bits per heavy atom. The molecular weight excluding hydrogens is 416 g/mol. The number of hydrogen-bond donors (Lipinski definition) is 0. The first kappa shape index (κ1) is 21.2. The van der Waals surface area contributed by atoms with Gasteiger partial charge in [0.1, 0.15) is 0 Å². The van der Waals surface area contributed by atoms with Gasteiger partial charge in [-0.05, 0) is 30.5 Å². The van der Waals surface area contributed by atoms with Gasteiger partial charge in [0.2, 0.25) is 5.91 Å². The molecule has 0 spiro atoms. The zero-order valence-corrected chi connectivity index (χ0v) is 17.9. The molecule has 2 aromatic rings. The van der Waals surface area contributed by atoms with Gasteiger partial charge in [-0.15, -0.1) is 0 Å². The predicted octanol–water partition coefficient (Wildman–Crippen LogP) is 2.45. The largest absolute Gasteiger partial charge is 0.342 e. The summed E-state index contributed by atoms with van der Waals surface area (Å²) >= 11 is 0. The second-order valence-corrected chi connectivity index (χ2v) is 10.1. The monoisotopic (exact) mass is 440 g/mol. The molecule has 8 heteroatoms. The van der Waals surface area contributed by atoms with Gasteiger partial charge < -0.3 is 4.90 Å². The van der Waals surface area contributed by atoms with Crippen LogP contribution < -0.4 is 0 Å². The number of fused-ring (bicyclic) bond motifs is 1. The second kappa shape index (κ2) is 8.63. The standard InChI is InChI=1S/C23H24N2O5S/c26-21(11-6-13-25-22(27)18-9-4-5-10-19(18)23(25)28)24-14-12-20(31(29,30)16-15-24)17-7-2-1-3-8-17/h1-5,7-10,20H,6,11-16H2. The van der Waals surface area contributed by atoms with Crippen molar-refractivity contribution in [2.75, 3.05) is 25.4 Å². The lowest BCUT2D eigenvalue weighted by Crippen LogP contribution is -2.35. The van der Waals surface area contributed by atoms with Crippen LogP contribution in [0.1, 0.15) is 50.8 Å². The van der Waals surface area contributed by atoms with Crippen LogP contribution >= 0.6 is 0 Å². The van der Waals surface area contributed by atoms with Gasteiger partial charge in [-0.1, -0.05) is 42.5 Å². The van der Waals surface area contributed by atoms with Crippen molar-refractivity contribution < 1.29 is 22.8 Å². The number of nitrogens with zero attached hydrogens (tertiary/aromatic N) is 2. The van der Waals surface area contributed by atoms with Crippen molar-refractivity contribution in [1.82, 2.24) is 9.80 Å². The van der Waals surface area contributed by atoms with Gasteiger partial charge in [-0.2, -0.15) is 0 Å². The van der Waals surface area contributed by atoms with E-state index in [-0.39, 0.29) is 43.0 Å². The Bertz CT molecular complexity index is 1080. The lowest BCUT2D eigenvalue weighted by molar-refractivity contribution is -0.131. The number of sulfone groups is 1. The highest BCUT2D eigenvalue weighted by atomic mass is 32.2. The van der Waals surface area contributed by atoms with E-state index in [4.69, 9.17) is 0 Å². The number of benzene rings is 2. The molecule has 2 aliphatic heterocycles. The molecule has 0 bridgehead atoms. The van der Waals surface area contributed by atoms with E-state index in [0.29, 0.717) is 30.5 Å². The van der Waals surface area contributed by atoms with Crippen LogP contribution in [0.3, 0.4) is 0 Å². The minimum Gasteiger partial charge on any atom is -0.342 e. The molecule has 0 N–H and O–H groups in total. The normalized spacial score (nSPS) is 20.5. The van der Waals surface area contributed by atoms with Crippen LogP contribution in [0.4, 0.5) is 0 Å². The zero-order chi connectivity index (χ0) is 22.0. The van der Waals surface area contributed by atoms with E-state index in [1.807, 2.05) is 30.3 Å². The fraction of sp³-hybridized carbons (Fsp3) is 0.348. The van der Waals surface area contributed by atoms with Crippen LogP contribution in [-0.2, 0) is 14.6 Å². The smallest absolute Gasteiger partial charge is 0.261 e. The van der Waals surface area contributed by atoms with E-state index in [0.717, 1.165) is 5.56 Å². The van der Waals surface area contributed by atoms with Crippen LogP contribution in [0.2, 0.25) is 0 Å². The van der Waals surface area contributed by atoms with Gasteiger partial charge in [0, 0.05) is 26.1 Å². The van der Waals surface area contributed by atoms with Crippen molar-refractivity contribution in [3.8, 4) is 0 Å². The molecule has 3 amide bonds. The molecular formula is C23H24N2O5S. The van der Waals surface area contributed by atoms with Gasteiger partial charge in [0.05, 0.1) is 22.1 Å². The third kappa shape index (κ3) is 4.25. The van der Waals surface area contributed by atoms with Crippen LogP contribution in [0.5, 0.6) is 0 Å². The molecule has 0 aliphatic carbocycles. The maximum absolute atomic E-state index is 12.7. The number of carbonyl (C=O) groups excluding carboxylic acids is 3. The second-order valence-electron chi connectivity index (χ2n) is 7.85. The zero-order valence-electron chi connectivity index (χ0n) is 17.1. The Kier molecular flexibility index (Phi) is 5.91. The molecule has 0 saturated carbocycles. The molecule has 1 fully saturated rings. The van der Waals surface area contributed by atoms with Crippen molar-refractivity contribution in [2.45, 2.75) is 24.5 Å². The summed E-state index contributed by atoms with van der Waals surface area (Å²) in [6.07, 6.45) is 0.857. The van der Waals surface area contributed by atoms with Crippen LogP contribution in [-0.4, -0.2) is 61.3 Å². The predicted molar refractivity (Wildman–Crippen MR) is 115 cm³/mol. The molecule has 31 heavy (non-hydrogen) atoms. The molecule has 7 nitrogen and oxygen atoms in total. The Labute approximate surface area is 181 Å². The number of carbonyl (C=O) groups is 3. The van der Waals surface area contributed by atoms with E-state index < -0.39 is 15.1 Å². The summed E-state index contributed by atoms with van der Waals surface area (Å²) < 4.78 is 25.4. The summed E-state index contributed by atoms with van der Waals surface area (Å²) in [5.74, 6) is -0.892. The number of rotatable bonds is 5. The average molecular weight is 441 g/mol. The first-order chi connectivity index (χ1) is 14.9. The van der Waals surface area contributed by atoms with Crippen molar-refractivity contribution in [2.24, 2.45) is 0 Å². The van der Waals surface area contributed by atoms with Crippen molar-refractivity contribution in [3.05, 3.63) is 71.3 Å². The third-order valence-corrected chi connectivity index (χ3v) is 8.04. The minimum absolute atomic E-state index is 0.0727. The van der Waals surface area contributed by atoms with Gasteiger partial charge in [0.25, 0.3) is 11.8 Å². The van der Waals surface area contributed by atoms with Crippen molar-refractivity contribution >= 4 is 27.6 Å². The summed E-state index contributed by atoms with van der Waals surface area (Å²) in [6, 6.07) is 15.8. The summed E-state index contributed by atoms with van der Waals surface area (Å²) in [7, 11) is -3.35. The number of hydrogen-bond acceptors (Lipinski definition) is 5. The Hall–Kier alpha value is -3.00. The fourth-order valence-corrected chi connectivity index (χ4v) is 6.02. The topological polar surface area (TPSA) is 91.8 Å². The molecule has 0 aromatic heterocycles. The lowest BCUT2D eigenvalue weighted by atomic mass is 10.1. The summed E-state index contributed by atoms with van der Waals surface area (Å²) in [5, 5.41) is -0.607. The number of imide groups is 1. The van der Waals surface area contributed by atoms with Crippen molar-refractivity contribution in [1.29, 1.82) is 0 Å². The molecule has 1 saturated heterocycles. The highest BCUT2D eigenvalue weighted by Gasteiger charge is 2.35. The van der Waals surface area contributed by atoms with Gasteiger partial charge in [0.15, 0.2) is 9.84 Å². The maximum Gasteiger partial charge on any atom is 0.261 e. The highest BCUT2D eigenvalue weighted by Crippen LogP contribution is 2.29. The average Bonchev–Trinajstić information content (AvgIpc) is 2.90. The Balaban J connectivity index is 1.34. The molecule has 2 aliphatic rings. The third-order valence-electron chi connectivity index (χ3n) is 5.92. The molecule has 2 heterocycles. The molecule has 4 rings (SSSR count). The molecule has 1 atom stereocenters. The molecule has 2 aromatic carbocycles. The van der Waals surface area contributed by atoms with Gasteiger partial charge in [-0.3, -0.25) is 19.3 Å². The van der Waals surface area contributed by atoms with E-state index >= 15 is 0 Å². The minimum atomic E-state index is -3.35. The summed E-state index contributed by atoms with van der Waals surface area (Å²) in [6.45, 7) is 0.693. The van der Waals surface area contributed by atoms with Crippen LogP contribution in [0.25, 0.3) is 0 Å². The Morgan fingerprint density at radius 2 is 1.52 bits per heavy atom. The Morgan fingerprint density at radius 1 is 0.903 bits per heavy atom.